The number of nitrogens with one attached hydrogen (secondary N) is 1. The van der Waals surface area contributed by atoms with Crippen molar-refractivity contribution in [2.45, 2.75) is 38.1 Å². The Morgan fingerprint density at radius 2 is 1.92 bits per heavy atom. The molecule has 0 unspecified atom stereocenters. The molecule has 2 atom stereocenters. The summed E-state index contributed by atoms with van der Waals surface area (Å²) in [5, 5.41) is 2.94. The summed E-state index contributed by atoms with van der Waals surface area (Å²) < 4.78 is 11.6. The maximum absolute atomic E-state index is 12.4. The molecule has 1 aliphatic heterocycles. The minimum atomic E-state index is -1.03. The minimum Gasteiger partial charge on any atom is -0.347 e. The Morgan fingerprint density at radius 3 is 2.62 bits per heavy atom. The van der Waals surface area contributed by atoms with Gasteiger partial charge in [-0.2, -0.15) is 0 Å². The van der Waals surface area contributed by atoms with E-state index in [0.29, 0.717) is 18.7 Å². The van der Waals surface area contributed by atoms with E-state index in [1.165, 1.54) is 0 Å². The van der Waals surface area contributed by atoms with Crippen LogP contribution in [0.2, 0.25) is 0 Å². The van der Waals surface area contributed by atoms with Crippen molar-refractivity contribution in [1.82, 2.24) is 10.2 Å². The van der Waals surface area contributed by atoms with Crippen LogP contribution in [0.5, 0.6) is 0 Å². The Kier molecular flexibility index (Phi) is 7.43. The Bertz CT molecular complexity index is 577. The number of likely N-dealkylation sites (tertiary alicyclic amines) is 1. The molecule has 1 saturated heterocycles. The fourth-order valence-corrected chi connectivity index (χ4v) is 3.68. The first kappa shape index (κ1) is 18.6. The predicted molar refractivity (Wildman–Crippen MR) is 95.9 cm³/mol. The number of hydrogen-bond acceptors (Lipinski definition) is 3. The number of benzene rings is 1. The van der Waals surface area contributed by atoms with Crippen molar-refractivity contribution < 1.29 is 13.8 Å². The van der Waals surface area contributed by atoms with E-state index < -0.39 is 10.8 Å². The Morgan fingerprint density at radius 1 is 1.21 bits per heavy atom. The fraction of sp³-hybridized carbons (Fsp3) is 0.556. The molecule has 1 aromatic carbocycles. The predicted octanol–water partition coefficient (Wildman–Crippen LogP) is 2.02. The molecule has 132 valence electrons. The van der Waals surface area contributed by atoms with Crippen LogP contribution in [0.15, 0.2) is 30.3 Å². The highest BCUT2D eigenvalue weighted by atomic mass is 32.2. The van der Waals surface area contributed by atoms with Crippen molar-refractivity contribution in [2.75, 3.05) is 25.1 Å². The van der Waals surface area contributed by atoms with Crippen LogP contribution < -0.4 is 5.32 Å². The number of carbonyl (C=O) groups is 2. The van der Waals surface area contributed by atoms with Crippen LogP contribution in [-0.2, 0) is 20.4 Å². The summed E-state index contributed by atoms with van der Waals surface area (Å²) >= 11 is 0. The largest absolute Gasteiger partial charge is 0.347 e. The maximum atomic E-state index is 12.4. The van der Waals surface area contributed by atoms with Gasteiger partial charge in [0, 0.05) is 35.8 Å². The molecule has 0 aromatic heterocycles. The van der Waals surface area contributed by atoms with Crippen LogP contribution in [0.1, 0.15) is 43.7 Å². The molecule has 2 rings (SSSR count). The van der Waals surface area contributed by atoms with Crippen LogP contribution in [0.3, 0.4) is 0 Å². The molecule has 24 heavy (non-hydrogen) atoms. The smallest absolute Gasteiger partial charge is 0.240 e. The fourth-order valence-electron chi connectivity index (χ4n) is 2.94. The van der Waals surface area contributed by atoms with Gasteiger partial charge in [0.1, 0.15) is 0 Å². The molecular formula is C18H26N2O3S. The summed E-state index contributed by atoms with van der Waals surface area (Å²) in [4.78, 5) is 26.2. The average molecular weight is 350 g/mol. The molecule has 0 spiro atoms. The van der Waals surface area contributed by atoms with E-state index in [1.807, 2.05) is 30.3 Å². The van der Waals surface area contributed by atoms with Crippen LogP contribution in [0, 0.1) is 0 Å². The third-order valence-electron chi connectivity index (χ3n) is 4.19. The van der Waals surface area contributed by atoms with Gasteiger partial charge in [-0.05, 0) is 18.4 Å². The molecule has 1 aliphatic rings. The van der Waals surface area contributed by atoms with Gasteiger partial charge in [0.25, 0.3) is 0 Å². The SMILES string of the molecule is C[S@@](=O)C[C@@H](NC(=O)CN1CCCCCCC1=O)c1ccccc1. The second kappa shape index (κ2) is 9.57. The zero-order valence-corrected chi connectivity index (χ0v) is 15.0. The third kappa shape index (κ3) is 6.07. The normalized spacial score (nSPS) is 18.4. The number of rotatable bonds is 6. The number of carbonyl (C=O) groups excluding carboxylic acids is 2. The van der Waals surface area contributed by atoms with E-state index >= 15 is 0 Å². The number of nitrogens with zero attached hydrogens (tertiary/aromatic N) is 1. The van der Waals surface area contributed by atoms with Gasteiger partial charge in [-0.1, -0.05) is 43.2 Å². The molecule has 1 N–H and O–H groups in total. The number of hydrogen-bond donors (Lipinski definition) is 1. The van der Waals surface area contributed by atoms with Crippen molar-refractivity contribution >= 4 is 22.6 Å². The summed E-state index contributed by atoms with van der Waals surface area (Å²) in [6.45, 7) is 0.723. The Hall–Kier alpha value is -1.69. The monoisotopic (exact) mass is 350 g/mol. The van der Waals surface area contributed by atoms with E-state index in [2.05, 4.69) is 5.32 Å². The molecule has 1 aromatic rings. The van der Waals surface area contributed by atoms with Crippen molar-refractivity contribution in [3.05, 3.63) is 35.9 Å². The van der Waals surface area contributed by atoms with Crippen molar-refractivity contribution in [2.24, 2.45) is 0 Å². The van der Waals surface area contributed by atoms with Gasteiger partial charge in [0.05, 0.1) is 12.6 Å². The topological polar surface area (TPSA) is 66.5 Å². The molecule has 5 nitrogen and oxygen atoms in total. The number of amides is 2. The van der Waals surface area contributed by atoms with Crippen molar-refractivity contribution in [3.63, 3.8) is 0 Å². The van der Waals surface area contributed by atoms with Crippen molar-refractivity contribution in [1.29, 1.82) is 0 Å². The van der Waals surface area contributed by atoms with E-state index in [-0.39, 0.29) is 24.4 Å². The molecule has 1 fully saturated rings. The van der Waals surface area contributed by atoms with Gasteiger partial charge in [-0.25, -0.2) is 0 Å². The van der Waals surface area contributed by atoms with Gasteiger partial charge in [-0.3, -0.25) is 13.8 Å². The molecule has 0 aliphatic carbocycles. The third-order valence-corrected chi connectivity index (χ3v) is 5.00. The van der Waals surface area contributed by atoms with E-state index in [9.17, 15) is 13.8 Å². The first-order valence-electron chi connectivity index (χ1n) is 8.48. The lowest BCUT2D eigenvalue weighted by Crippen LogP contribution is -2.43. The standard InChI is InChI=1S/C18H26N2O3S/c1-24(23)14-16(15-9-5-4-6-10-15)19-17(21)13-20-12-8-3-2-7-11-18(20)22/h4-6,9-10,16H,2-3,7-8,11-14H2,1H3,(H,19,21)/t16-,24-/m1/s1. The second-order valence-electron chi connectivity index (χ2n) is 6.25. The molecule has 0 saturated carbocycles. The highest BCUT2D eigenvalue weighted by Crippen LogP contribution is 2.15. The molecule has 1 heterocycles. The lowest BCUT2D eigenvalue weighted by molar-refractivity contribution is -0.136. The van der Waals surface area contributed by atoms with Gasteiger partial charge in [0.2, 0.25) is 11.8 Å². The Labute approximate surface area is 146 Å². The molecule has 2 amide bonds. The second-order valence-corrected chi connectivity index (χ2v) is 7.73. The molecule has 6 heteroatoms. The Balaban J connectivity index is 1.98. The molecule has 0 bridgehead atoms. The van der Waals surface area contributed by atoms with E-state index in [1.54, 1.807) is 11.2 Å². The van der Waals surface area contributed by atoms with Gasteiger partial charge >= 0.3 is 0 Å². The highest BCUT2D eigenvalue weighted by molar-refractivity contribution is 7.84. The first-order valence-corrected chi connectivity index (χ1v) is 10.2. The van der Waals surface area contributed by atoms with E-state index in [4.69, 9.17) is 0 Å². The van der Waals surface area contributed by atoms with Gasteiger partial charge in [-0.15, -0.1) is 0 Å². The lowest BCUT2D eigenvalue weighted by atomic mass is 10.1. The minimum absolute atomic E-state index is 0.0557. The van der Waals surface area contributed by atoms with Crippen LogP contribution in [-0.4, -0.2) is 46.0 Å². The maximum Gasteiger partial charge on any atom is 0.240 e. The lowest BCUT2D eigenvalue weighted by Gasteiger charge is -2.26. The average Bonchev–Trinajstić information content (AvgIpc) is 2.54. The van der Waals surface area contributed by atoms with Crippen molar-refractivity contribution in [3.8, 4) is 0 Å². The van der Waals surface area contributed by atoms with Crippen LogP contribution >= 0.6 is 0 Å². The highest BCUT2D eigenvalue weighted by Gasteiger charge is 2.21. The zero-order chi connectivity index (χ0) is 17.4. The zero-order valence-electron chi connectivity index (χ0n) is 14.2. The summed E-state index contributed by atoms with van der Waals surface area (Å²) in [6, 6.07) is 9.24. The summed E-state index contributed by atoms with van der Waals surface area (Å²) in [5.41, 5.74) is 0.931. The summed E-state index contributed by atoms with van der Waals surface area (Å²) in [5.74, 6) is 0.229. The van der Waals surface area contributed by atoms with E-state index in [0.717, 1.165) is 31.2 Å². The molecular weight excluding hydrogens is 324 g/mol. The summed E-state index contributed by atoms with van der Waals surface area (Å²) in [6.07, 6.45) is 6.19. The van der Waals surface area contributed by atoms with Crippen LogP contribution in [0.4, 0.5) is 0 Å². The molecule has 0 radical (unpaired) electrons. The first-order chi connectivity index (χ1) is 11.6. The van der Waals surface area contributed by atoms with Gasteiger partial charge < -0.3 is 10.2 Å². The van der Waals surface area contributed by atoms with Gasteiger partial charge in [0.15, 0.2) is 0 Å². The quantitative estimate of drug-likeness (QED) is 0.853. The summed E-state index contributed by atoms with van der Waals surface area (Å²) in [7, 11) is -1.03. The van der Waals surface area contributed by atoms with Crippen LogP contribution in [0.25, 0.3) is 0 Å².